The summed E-state index contributed by atoms with van der Waals surface area (Å²) in [5.74, 6) is -0.270. The van der Waals surface area contributed by atoms with Gasteiger partial charge in [-0.1, -0.05) is 0 Å². The summed E-state index contributed by atoms with van der Waals surface area (Å²) in [5.41, 5.74) is 7.20. The second kappa shape index (κ2) is 4.38. The summed E-state index contributed by atoms with van der Waals surface area (Å²) in [4.78, 5) is 4.32. The van der Waals surface area contributed by atoms with Gasteiger partial charge in [0.2, 0.25) is 0 Å². The number of nitrogens with two attached hydrogens (primary N) is 1. The molecule has 0 fully saturated rings. The fourth-order valence-electron chi connectivity index (χ4n) is 1.19. The number of nitrogens with zero attached hydrogens (tertiary/aromatic N) is 1. The second-order valence-electron chi connectivity index (χ2n) is 2.96. The molecule has 2 rings (SSSR count). The van der Waals surface area contributed by atoms with Crippen LogP contribution in [-0.2, 0) is 6.54 Å². The van der Waals surface area contributed by atoms with Gasteiger partial charge in [0.25, 0.3) is 0 Å². The Kier molecular flexibility index (Phi) is 3.14. The molecule has 0 aliphatic heterocycles. The number of aromatic nitrogens is 1. The lowest BCUT2D eigenvalue weighted by atomic mass is 10.2. The van der Waals surface area contributed by atoms with E-state index in [0.29, 0.717) is 11.0 Å². The largest absolute Gasteiger partial charge is 0.325 e. The van der Waals surface area contributed by atoms with Crippen LogP contribution in [0.15, 0.2) is 28.1 Å². The van der Waals surface area contributed by atoms with E-state index in [9.17, 15) is 4.39 Å². The minimum Gasteiger partial charge on any atom is -0.325 e. The van der Waals surface area contributed by atoms with Gasteiger partial charge in [0.1, 0.15) is 10.8 Å². The molecular weight excluding hydrogens is 279 g/mol. The molecule has 1 heterocycles. The SMILES string of the molecule is NCc1nc(-c2ccc(F)c(Br)c2)cs1. The molecule has 0 aliphatic carbocycles. The predicted octanol–water partition coefficient (Wildman–Crippen LogP) is 3.17. The van der Waals surface area contributed by atoms with Crippen LogP contribution in [0.3, 0.4) is 0 Å². The van der Waals surface area contributed by atoms with Gasteiger partial charge in [0.15, 0.2) is 0 Å². The van der Waals surface area contributed by atoms with E-state index in [-0.39, 0.29) is 5.82 Å². The van der Waals surface area contributed by atoms with Gasteiger partial charge in [-0.05, 0) is 34.1 Å². The molecule has 0 saturated carbocycles. The van der Waals surface area contributed by atoms with Crippen LogP contribution in [-0.4, -0.2) is 4.98 Å². The maximum Gasteiger partial charge on any atom is 0.137 e. The fourth-order valence-corrected chi connectivity index (χ4v) is 2.26. The van der Waals surface area contributed by atoms with Crippen LogP contribution < -0.4 is 5.73 Å². The van der Waals surface area contributed by atoms with Gasteiger partial charge in [-0.2, -0.15) is 0 Å². The number of hydrogen-bond acceptors (Lipinski definition) is 3. The maximum atomic E-state index is 13.0. The number of rotatable bonds is 2. The molecule has 0 radical (unpaired) electrons. The first-order chi connectivity index (χ1) is 7.20. The normalized spacial score (nSPS) is 10.6. The summed E-state index contributed by atoms with van der Waals surface area (Å²) >= 11 is 4.65. The van der Waals surface area contributed by atoms with E-state index in [1.807, 2.05) is 5.38 Å². The number of benzene rings is 1. The highest BCUT2D eigenvalue weighted by Gasteiger charge is 2.06. The Balaban J connectivity index is 2.40. The van der Waals surface area contributed by atoms with Crippen molar-refractivity contribution in [2.45, 2.75) is 6.54 Å². The van der Waals surface area contributed by atoms with Gasteiger partial charge in [-0.15, -0.1) is 11.3 Å². The average Bonchev–Trinajstić information content (AvgIpc) is 2.70. The Morgan fingerprint density at radius 1 is 1.47 bits per heavy atom. The highest BCUT2D eigenvalue weighted by Crippen LogP contribution is 2.26. The topological polar surface area (TPSA) is 38.9 Å². The van der Waals surface area contributed by atoms with Crippen molar-refractivity contribution in [1.82, 2.24) is 4.98 Å². The molecule has 0 bridgehead atoms. The minimum atomic E-state index is -0.270. The summed E-state index contributed by atoms with van der Waals surface area (Å²) in [6.45, 7) is 0.438. The number of thiazole rings is 1. The van der Waals surface area contributed by atoms with Crippen molar-refractivity contribution in [2.24, 2.45) is 5.73 Å². The Hall–Kier alpha value is -0.780. The molecular formula is C10H8BrFN2S. The summed E-state index contributed by atoms with van der Waals surface area (Å²) in [7, 11) is 0. The van der Waals surface area contributed by atoms with Crippen LogP contribution >= 0.6 is 27.3 Å². The van der Waals surface area contributed by atoms with Crippen LogP contribution in [0.4, 0.5) is 4.39 Å². The molecule has 0 atom stereocenters. The Morgan fingerprint density at radius 3 is 2.87 bits per heavy atom. The van der Waals surface area contributed by atoms with Crippen molar-refractivity contribution in [3.05, 3.63) is 38.9 Å². The van der Waals surface area contributed by atoms with Crippen LogP contribution in [0.1, 0.15) is 5.01 Å². The van der Waals surface area contributed by atoms with Crippen LogP contribution in [0.25, 0.3) is 11.3 Å². The highest BCUT2D eigenvalue weighted by molar-refractivity contribution is 9.10. The van der Waals surface area contributed by atoms with E-state index >= 15 is 0 Å². The van der Waals surface area contributed by atoms with Gasteiger partial charge in [0, 0.05) is 17.5 Å². The Bertz CT molecular complexity index is 484. The third-order valence-electron chi connectivity index (χ3n) is 1.94. The first-order valence-corrected chi connectivity index (χ1v) is 5.98. The molecule has 0 aliphatic rings. The standard InChI is InChI=1S/C10H8BrFN2S/c11-7-3-6(1-2-8(7)12)9-5-15-10(4-13)14-9/h1-3,5H,4,13H2. The Labute approximate surface area is 99.1 Å². The lowest BCUT2D eigenvalue weighted by molar-refractivity contribution is 0.621. The predicted molar refractivity (Wildman–Crippen MR) is 63.1 cm³/mol. The average molecular weight is 287 g/mol. The van der Waals surface area contributed by atoms with Gasteiger partial charge in [0.05, 0.1) is 10.2 Å². The van der Waals surface area contributed by atoms with E-state index in [0.717, 1.165) is 16.3 Å². The molecule has 2 nitrogen and oxygen atoms in total. The molecule has 2 aromatic rings. The summed E-state index contributed by atoms with van der Waals surface area (Å²) in [6.07, 6.45) is 0. The zero-order valence-corrected chi connectivity index (χ0v) is 10.1. The van der Waals surface area contributed by atoms with Crippen LogP contribution in [0, 0.1) is 5.82 Å². The molecule has 0 saturated heterocycles. The van der Waals surface area contributed by atoms with Crippen molar-refractivity contribution in [1.29, 1.82) is 0 Å². The van der Waals surface area contributed by atoms with E-state index in [1.54, 1.807) is 12.1 Å². The molecule has 0 unspecified atom stereocenters. The zero-order chi connectivity index (χ0) is 10.8. The fraction of sp³-hybridized carbons (Fsp3) is 0.100. The molecule has 15 heavy (non-hydrogen) atoms. The van der Waals surface area contributed by atoms with Gasteiger partial charge >= 0.3 is 0 Å². The molecule has 5 heteroatoms. The number of halogens is 2. The van der Waals surface area contributed by atoms with E-state index in [4.69, 9.17) is 5.73 Å². The first-order valence-electron chi connectivity index (χ1n) is 4.30. The molecule has 1 aromatic carbocycles. The lowest BCUT2D eigenvalue weighted by Gasteiger charge is -1.98. The zero-order valence-electron chi connectivity index (χ0n) is 7.71. The van der Waals surface area contributed by atoms with Crippen molar-refractivity contribution in [3.63, 3.8) is 0 Å². The molecule has 78 valence electrons. The third-order valence-corrected chi connectivity index (χ3v) is 3.42. The first kappa shape index (κ1) is 10.7. The molecule has 2 N–H and O–H groups in total. The summed E-state index contributed by atoms with van der Waals surface area (Å²) < 4.78 is 13.4. The maximum absolute atomic E-state index is 13.0. The van der Waals surface area contributed by atoms with Gasteiger partial charge in [-0.3, -0.25) is 0 Å². The van der Waals surface area contributed by atoms with Crippen molar-refractivity contribution < 1.29 is 4.39 Å². The smallest absolute Gasteiger partial charge is 0.137 e. The van der Waals surface area contributed by atoms with Crippen LogP contribution in [0.5, 0.6) is 0 Å². The molecule has 1 aromatic heterocycles. The molecule has 0 spiro atoms. The van der Waals surface area contributed by atoms with Crippen molar-refractivity contribution >= 4 is 27.3 Å². The van der Waals surface area contributed by atoms with Crippen molar-refractivity contribution in [2.75, 3.05) is 0 Å². The monoisotopic (exact) mass is 286 g/mol. The van der Waals surface area contributed by atoms with E-state index < -0.39 is 0 Å². The number of hydrogen-bond donors (Lipinski definition) is 1. The van der Waals surface area contributed by atoms with Crippen molar-refractivity contribution in [3.8, 4) is 11.3 Å². The minimum absolute atomic E-state index is 0.270. The summed E-state index contributed by atoms with van der Waals surface area (Å²) in [5, 5.41) is 2.80. The van der Waals surface area contributed by atoms with Gasteiger partial charge < -0.3 is 5.73 Å². The molecule has 0 amide bonds. The quantitative estimate of drug-likeness (QED) is 0.921. The van der Waals surface area contributed by atoms with E-state index in [2.05, 4.69) is 20.9 Å². The van der Waals surface area contributed by atoms with E-state index in [1.165, 1.54) is 17.4 Å². The Morgan fingerprint density at radius 2 is 2.27 bits per heavy atom. The van der Waals surface area contributed by atoms with Gasteiger partial charge in [-0.25, -0.2) is 9.37 Å². The van der Waals surface area contributed by atoms with Crippen LogP contribution in [0.2, 0.25) is 0 Å². The highest BCUT2D eigenvalue weighted by atomic mass is 79.9. The summed E-state index contributed by atoms with van der Waals surface area (Å²) in [6, 6.07) is 4.83. The second-order valence-corrected chi connectivity index (χ2v) is 4.76. The lowest BCUT2D eigenvalue weighted by Crippen LogP contribution is -1.94. The third kappa shape index (κ3) is 2.25.